The molecule has 0 amide bonds. The number of hydrogen-bond donors (Lipinski definition) is 8. The number of carbonyl (C=O) groups is 1. The van der Waals surface area contributed by atoms with Crippen molar-refractivity contribution in [2.24, 2.45) is 28.6 Å². The van der Waals surface area contributed by atoms with Gasteiger partial charge in [-0.2, -0.15) is 0 Å². The van der Waals surface area contributed by atoms with E-state index in [1.54, 1.807) is 47.1 Å². The van der Waals surface area contributed by atoms with Gasteiger partial charge in [0.25, 0.3) is 0 Å². The standard InChI is InChI=1S/C55H84O21/c1-25(57)32-17-19-55(64)33-15-14-29-20-30(16-18-53(29,5)34(33)21-39(54(32,55)6)73-50(63)31-12-10-11-13-35(31)58)71-40-22-36(65-7)46(26(2)68-40)74-41-23-37(66-8)47(27(3)69-41)75-52-45(62)49(67-9)48(28(4)70-52)76-51-44(61)43(60)42(59)38(24-56)72-51/h10-14,25-28,30,32-34,36-49,51-52,56-62,64H,15-24H2,1-9H3/t25-,26+,27+,28+,30-,32+,33+,34-,36-,37-,38+,39+,40-,41-,42+,43-,44+,45+,46-,47-,48+,49+,51-,52-,53-,54-,55-/m0/s1. The summed E-state index contributed by atoms with van der Waals surface area (Å²) in [5.41, 5.74) is -1.11. The fourth-order valence-electron chi connectivity index (χ4n) is 15.0. The average molecular weight is 1080 g/mol. The van der Waals surface area contributed by atoms with Crippen LogP contribution in [0.3, 0.4) is 0 Å². The summed E-state index contributed by atoms with van der Waals surface area (Å²) in [6.07, 6.45) is -12.1. The maximum absolute atomic E-state index is 13.8. The molecule has 4 aliphatic heterocycles. The van der Waals surface area contributed by atoms with Gasteiger partial charge in [0.05, 0.1) is 54.9 Å². The van der Waals surface area contributed by atoms with Crippen LogP contribution in [0.15, 0.2) is 35.9 Å². The molecule has 0 bridgehead atoms. The Kier molecular flexibility index (Phi) is 17.7. The predicted molar refractivity (Wildman–Crippen MR) is 265 cm³/mol. The maximum Gasteiger partial charge on any atom is 0.342 e. The number of hydrogen-bond acceptors (Lipinski definition) is 21. The molecular weight excluding hydrogens is 997 g/mol. The largest absolute Gasteiger partial charge is 0.507 e. The number of para-hydroxylation sites is 1. The van der Waals surface area contributed by atoms with Gasteiger partial charge in [-0.1, -0.05) is 37.6 Å². The minimum Gasteiger partial charge on any atom is -0.507 e. The molecule has 9 rings (SSSR count). The van der Waals surface area contributed by atoms with Crippen molar-refractivity contribution in [1.29, 1.82) is 0 Å². The Morgan fingerprint density at radius 2 is 1.34 bits per heavy atom. The van der Waals surface area contributed by atoms with Crippen molar-refractivity contribution in [2.75, 3.05) is 27.9 Å². The second-order valence-corrected chi connectivity index (χ2v) is 23.3. The quantitative estimate of drug-likeness (QED) is 0.0924. The number of ether oxygens (including phenoxy) is 12. The molecule has 4 aliphatic carbocycles. The molecule has 0 aromatic heterocycles. The zero-order valence-corrected chi connectivity index (χ0v) is 45.2. The number of carbonyl (C=O) groups excluding carboxylic acids is 1. The summed E-state index contributed by atoms with van der Waals surface area (Å²) in [4.78, 5) is 13.8. The number of phenolic OH excluding ortho intramolecular Hbond substituents is 1. The van der Waals surface area contributed by atoms with Crippen LogP contribution in [0.25, 0.3) is 0 Å². The third-order valence-corrected chi connectivity index (χ3v) is 19.3. The van der Waals surface area contributed by atoms with Gasteiger partial charge in [-0.15, -0.1) is 0 Å². The molecule has 3 saturated carbocycles. The Hall–Kier alpha value is -2.49. The van der Waals surface area contributed by atoms with Crippen molar-refractivity contribution in [1.82, 2.24) is 0 Å². The smallest absolute Gasteiger partial charge is 0.342 e. The van der Waals surface area contributed by atoms with E-state index in [4.69, 9.17) is 56.8 Å². The number of methoxy groups -OCH3 is 3. The number of phenols is 1. The number of esters is 1. The Morgan fingerprint density at radius 1 is 0.724 bits per heavy atom. The van der Waals surface area contributed by atoms with Crippen molar-refractivity contribution in [3.63, 3.8) is 0 Å². The van der Waals surface area contributed by atoms with Crippen molar-refractivity contribution in [3.8, 4) is 5.75 Å². The summed E-state index contributed by atoms with van der Waals surface area (Å²) in [7, 11) is 4.55. The molecule has 4 heterocycles. The molecule has 21 nitrogen and oxygen atoms in total. The molecule has 4 saturated heterocycles. The molecular formula is C55H84O21. The summed E-state index contributed by atoms with van der Waals surface area (Å²) in [5.74, 6) is -1.24. The molecule has 1 aromatic rings. The monoisotopic (exact) mass is 1080 g/mol. The highest BCUT2D eigenvalue weighted by Gasteiger charge is 2.71. The zero-order chi connectivity index (χ0) is 54.8. The van der Waals surface area contributed by atoms with Crippen molar-refractivity contribution < 1.29 is 102 Å². The minimum absolute atomic E-state index is 0.0185. The lowest BCUT2D eigenvalue weighted by molar-refractivity contribution is -0.373. The summed E-state index contributed by atoms with van der Waals surface area (Å²) in [6, 6.07) is 6.31. The van der Waals surface area contributed by atoms with Crippen LogP contribution in [0.1, 0.15) is 110 Å². The Morgan fingerprint density at radius 3 is 1.97 bits per heavy atom. The predicted octanol–water partition coefficient (Wildman–Crippen LogP) is 2.36. The van der Waals surface area contributed by atoms with Gasteiger partial charge in [0.1, 0.15) is 72.4 Å². The summed E-state index contributed by atoms with van der Waals surface area (Å²) in [5, 5.41) is 87.0. The molecule has 1 aromatic carbocycles. The minimum atomic E-state index is -1.67. The number of benzene rings is 1. The third kappa shape index (κ3) is 10.4. The molecule has 27 atom stereocenters. The van der Waals surface area contributed by atoms with E-state index < -0.39 is 146 Å². The van der Waals surface area contributed by atoms with Gasteiger partial charge in [0.15, 0.2) is 25.2 Å². The van der Waals surface area contributed by atoms with Crippen LogP contribution in [0, 0.1) is 28.6 Å². The Bertz CT molecular complexity index is 2160. The zero-order valence-electron chi connectivity index (χ0n) is 45.2. The van der Waals surface area contributed by atoms with Crippen LogP contribution in [0.5, 0.6) is 5.75 Å². The highest BCUT2D eigenvalue weighted by atomic mass is 16.8. The summed E-state index contributed by atoms with van der Waals surface area (Å²) < 4.78 is 74.5. The molecule has 76 heavy (non-hydrogen) atoms. The van der Waals surface area contributed by atoms with Crippen LogP contribution < -0.4 is 0 Å². The highest BCUT2D eigenvalue weighted by Crippen LogP contribution is 2.69. The van der Waals surface area contributed by atoms with Gasteiger partial charge in [0, 0.05) is 39.6 Å². The first-order valence-electron chi connectivity index (χ1n) is 27.4. The maximum atomic E-state index is 13.8. The van der Waals surface area contributed by atoms with E-state index >= 15 is 0 Å². The number of fused-ring (bicyclic) bond motifs is 5. The number of aliphatic hydroxyl groups excluding tert-OH is 6. The van der Waals surface area contributed by atoms with Crippen molar-refractivity contribution >= 4 is 5.97 Å². The van der Waals surface area contributed by atoms with Crippen molar-refractivity contribution in [3.05, 3.63) is 41.5 Å². The van der Waals surface area contributed by atoms with Crippen LogP contribution in [-0.2, 0) is 56.8 Å². The van der Waals surface area contributed by atoms with Crippen molar-refractivity contribution in [2.45, 2.75) is 234 Å². The normalized spacial score (nSPS) is 48.9. The fraction of sp³-hybridized carbons (Fsp3) is 0.836. The average Bonchev–Trinajstić information content (AvgIpc) is 3.74. The molecule has 0 unspecified atom stereocenters. The van der Waals surface area contributed by atoms with E-state index in [-0.39, 0.29) is 47.0 Å². The summed E-state index contributed by atoms with van der Waals surface area (Å²) >= 11 is 0. The van der Waals surface area contributed by atoms with Gasteiger partial charge < -0.3 is 97.7 Å². The van der Waals surface area contributed by atoms with E-state index in [9.17, 15) is 45.6 Å². The Balaban J connectivity index is 0.804. The lowest BCUT2D eigenvalue weighted by atomic mass is 9.44. The molecule has 430 valence electrons. The topological polar surface area (TPSA) is 290 Å². The second-order valence-electron chi connectivity index (χ2n) is 23.3. The van der Waals surface area contributed by atoms with Crippen LogP contribution in [0.4, 0.5) is 0 Å². The van der Waals surface area contributed by atoms with Crippen LogP contribution in [0.2, 0.25) is 0 Å². The first kappa shape index (κ1) is 58.2. The third-order valence-electron chi connectivity index (χ3n) is 19.3. The molecule has 8 aliphatic rings. The van der Waals surface area contributed by atoms with E-state index in [2.05, 4.69) is 13.0 Å². The number of aromatic hydroxyl groups is 1. The Labute approximate surface area is 444 Å². The lowest BCUT2D eigenvalue weighted by Gasteiger charge is -2.63. The van der Waals surface area contributed by atoms with Crippen LogP contribution >= 0.6 is 0 Å². The highest BCUT2D eigenvalue weighted by molar-refractivity contribution is 5.92. The number of rotatable bonds is 15. The lowest BCUT2D eigenvalue weighted by Crippen LogP contribution is -2.67. The molecule has 7 fully saturated rings. The molecule has 0 radical (unpaired) electrons. The number of aliphatic hydroxyl groups is 7. The first-order chi connectivity index (χ1) is 36.1. The van der Waals surface area contributed by atoms with E-state index in [1.165, 1.54) is 24.8 Å². The van der Waals surface area contributed by atoms with E-state index in [1.807, 2.05) is 13.8 Å². The van der Waals surface area contributed by atoms with Gasteiger partial charge in [-0.25, -0.2) is 4.79 Å². The number of allylic oxidation sites excluding steroid dienone is 1. The molecule has 0 spiro atoms. The fourth-order valence-corrected chi connectivity index (χ4v) is 15.0. The SMILES string of the molecule is CO[C@@H]1[C@@H](O)[C@H](O[C@@H]2[C@@H](OC)C[C@H](O[C@@H]3[C@@H](OC)C[C@H](O[C@H]4CC[C@@]5(C)C(=CC[C@@H]6[C@@H]5C[C@@H](OC(=O)c5ccccc5O)[C@]5(C)[C@@H]([C@H](C)O)CC[C@]65O)C4)O[C@@H]3C)O[C@@H]2C)O[C@H](C)[C@H]1O[C@@H]1O[C@H](CO)[C@@H](O)[C@H](O)[C@H]1O. The first-order valence-corrected chi connectivity index (χ1v) is 27.4. The second kappa shape index (κ2) is 23.2. The van der Waals surface area contributed by atoms with Gasteiger partial charge >= 0.3 is 5.97 Å². The molecule has 21 heteroatoms. The van der Waals surface area contributed by atoms with E-state index in [0.717, 1.165) is 12.8 Å². The van der Waals surface area contributed by atoms with Gasteiger partial charge in [-0.05, 0) is 108 Å². The van der Waals surface area contributed by atoms with Gasteiger partial charge in [0.2, 0.25) is 0 Å². The van der Waals surface area contributed by atoms with Gasteiger partial charge in [-0.3, -0.25) is 0 Å². The van der Waals surface area contributed by atoms with Crippen LogP contribution in [-0.4, -0.2) is 209 Å². The molecule has 8 N–H and O–H groups in total. The van der Waals surface area contributed by atoms with E-state index in [0.29, 0.717) is 38.5 Å². The summed E-state index contributed by atoms with van der Waals surface area (Å²) in [6.45, 7) is 10.7.